The zero-order chi connectivity index (χ0) is 17.6. The van der Waals surface area contributed by atoms with Crippen LogP contribution in [0.4, 0.5) is 0 Å². The van der Waals surface area contributed by atoms with Crippen molar-refractivity contribution in [2.45, 2.75) is 38.6 Å². The molecule has 3 rings (SSSR count). The molecule has 6 nitrogen and oxygen atoms in total. The quantitative estimate of drug-likeness (QED) is 0.819. The monoisotopic (exact) mass is 341 g/mol. The van der Waals surface area contributed by atoms with Crippen molar-refractivity contribution in [1.29, 1.82) is 0 Å². The van der Waals surface area contributed by atoms with Gasteiger partial charge >= 0.3 is 5.97 Å². The topological polar surface area (TPSA) is 84.1 Å². The molecule has 0 bridgehead atoms. The van der Waals surface area contributed by atoms with Gasteiger partial charge in [-0.2, -0.15) is 5.10 Å². The van der Waals surface area contributed by atoms with Gasteiger partial charge in [0.2, 0.25) is 0 Å². The summed E-state index contributed by atoms with van der Waals surface area (Å²) in [6.45, 7) is 1.96. The van der Waals surface area contributed by atoms with E-state index in [-0.39, 0.29) is 24.2 Å². The van der Waals surface area contributed by atoms with Crippen LogP contribution in [0.15, 0.2) is 36.4 Å². The molecule has 1 aromatic carbocycles. The van der Waals surface area contributed by atoms with Crippen LogP contribution >= 0.6 is 0 Å². The van der Waals surface area contributed by atoms with E-state index in [0.29, 0.717) is 5.69 Å². The Labute approximate surface area is 147 Å². The first kappa shape index (κ1) is 17.2. The molecule has 0 aliphatic heterocycles. The lowest BCUT2D eigenvalue weighted by molar-refractivity contribution is -0.125. The number of rotatable bonds is 5. The number of benzene rings is 1. The highest BCUT2D eigenvalue weighted by Gasteiger charge is 2.20. The van der Waals surface area contributed by atoms with E-state index in [1.54, 1.807) is 6.07 Å². The van der Waals surface area contributed by atoms with Crippen LogP contribution in [-0.4, -0.2) is 34.7 Å². The van der Waals surface area contributed by atoms with E-state index in [2.05, 4.69) is 22.4 Å². The van der Waals surface area contributed by atoms with Crippen molar-refractivity contribution in [2.75, 3.05) is 6.61 Å². The zero-order valence-corrected chi connectivity index (χ0v) is 14.3. The van der Waals surface area contributed by atoms with Gasteiger partial charge in [0.05, 0.1) is 5.69 Å². The minimum Gasteiger partial charge on any atom is -0.451 e. The molecule has 0 radical (unpaired) electrons. The van der Waals surface area contributed by atoms with E-state index < -0.39 is 5.97 Å². The Balaban J connectivity index is 1.48. The number of ether oxygens (including phenoxy) is 1. The van der Waals surface area contributed by atoms with Crippen molar-refractivity contribution in [3.63, 3.8) is 0 Å². The molecule has 0 spiro atoms. The van der Waals surface area contributed by atoms with E-state index in [1.165, 1.54) is 0 Å². The molecule has 2 N–H and O–H groups in total. The maximum Gasteiger partial charge on any atom is 0.356 e. The number of esters is 1. The SMILES string of the molecule is CC1CCC(NC(=O)COC(=O)c2cc(-c3ccccc3)n[nH]2)CC1. The molecule has 25 heavy (non-hydrogen) atoms. The van der Waals surface area contributed by atoms with Crippen LogP contribution in [0.25, 0.3) is 11.3 Å². The average Bonchev–Trinajstić information content (AvgIpc) is 3.13. The molecule has 1 aliphatic rings. The number of aromatic nitrogens is 2. The van der Waals surface area contributed by atoms with E-state index in [4.69, 9.17) is 4.74 Å². The fraction of sp³-hybridized carbons (Fsp3) is 0.421. The Bertz CT molecular complexity index is 719. The number of H-pyrrole nitrogens is 1. The number of nitrogens with zero attached hydrogens (tertiary/aromatic N) is 1. The van der Waals surface area contributed by atoms with Gasteiger partial charge in [-0.05, 0) is 37.7 Å². The van der Waals surface area contributed by atoms with Gasteiger partial charge in [-0.3, -0.25) is 9.89 Å². The van der Waals surface area contributed by atoms with Crippen LogP contribution < -0.4 is 5.32 Å². The molecule has 1 fully saturated rings. The van der Waals surface area contributed by atoms with Crippen molar-refractivity contribution in [2.24, 2.45) is 5.92 Å². The van der Waals surface area contributed by atoms with Crippen LogP contribution in [0.3, 0.4) is 0 Å². The van der Waals surface area contributed by atoms with Crippen molar-refractivity contribution in [3.8, 4) is 11.3 Å². The second kappa shape index (κ2) is 7.96. The van der Waals surface area contributed by atoms with Gasteiger partial charge in [0.15, 0.2) is 6.61 Å². The van der Waals surface area contributed by atoms with E-state index >= 15 is 0 Å². The Morgan fingerprint density at radius 1 is 1.20 bits per heavy atom. The number of nitrogens with one attached hydrogen (secondary N) is 2. The van der Waals surface area contributed by atoms with Crippen LogP contribution in [0.1, 0.15) is 43.1 Å². The second-order valence-electron chi connectivity index (χ2n) is 6.63. The average molecular weight is 341 g/mol. The van der Waals surface area contributed by atoms with E-state index in [1.807, 2.05) is 30.3 Å². The summed E-state index contributed by atoms with van der Waals surface area (Å²) in [5.41, 5.74) is 1.80. The lowest BCUT2D eigenvalue weighted by atomic mass is 9.87. The Morgan fingerprint density at radius 3 is 2.64 bits per heavy atom. The summed E-state index contributed by atoms with van der Waals surface area (Å²) >= 11 is 0. The van der Waals surface area contributed by atoms with Crippen molar-refractivity contribution < 1.29 is 14.3 Å². The molecule has 6 heteroatoms. The van der Waals surface area contributed by atoms with Crippen molar-refractivity contribution in [3.05, 3.63) is 42.1 Å². The van der Waals surface area contributed by atoms with E-state index in [0.717, 1.165) is 37.2 Å². The first-order chi connectivity index (χ1) is 12.1. The van der Waals surface area contributed by atoms with Gasteiger partial charge in [-0.15, -0.1) is 0 Å². The maximum atomic E-state index is 12.1. The normalized spacial score (nSPS) is 20.0. The molecule has 0 saturated heterocycles. The molecule has 1 amide bonds. The molecular weight excluding hydrogens is 318 g/mol. The van der Waals surface area contributed by atoms with Crippen molar-refractivity contribution >= 4 is 11.9 Å². The third kappa shape index (κ3) is 4.68. The van der Waals surface area contributed by atoms with Crippen LogP contribution in [0.2, 0.25) is 0 Å². The summed E-state index contributed by atoms with van der Waals surface area (Å²) in [6, 6.07) is 11.3. The van der Waals surface area contributed by atoms with Crippen LogP contribution in [-0.2, 0) is 9.53 Å². The smallest absolute Gasteiger partial charge is 0.356 e. The molecule has 1 saturated carbocycles. The Kier molecular flexibility index (Phi) is 5.48. The number of aromatic amines is 1. The number of hydrogen-bond donors (Lipinski definition) is 2. The zero-order valence-electron chi connectivity index (χ0n) is 14.3. The highest BCUT2D eigenvalue weighted by atomic mass is 16.5. The van der Waals surface area contributed by atoms with Gasteiger partial charge < -0.3 is 10.1 Å². The lowest BCUT2D eigenvalue weighted by Crippen LogP contribution is -2.39. The number of carbonyl (C=O) groups is 2. The summed E-state index contributed by atoms with van der Waals surface area (Å²) < 4.78 is 5.08. The number of carbonyl (C=O) groups excluding carboxylic acids is 2. The Hall–Kier alpha value is -2.63. The second-order valence-corrected chi connectivity index (χ2v) is 6.63. The first-order valence-corrected chi connectivity index (χ1v) is 8.69. The Morgan fingerprint density at radius 2 is 1.92 bits per heavy atom. The van der Waals surface area contributed by atoms with Gasteiger partial charge in [0.1, 0.15) is 5.69 Å². The fourth-order valence-corrected chi connectivity index (χ4v) is 3.07. The summed E-state index contributed by atoms with van der Waals surface area (Å²) in [5.74, 6) is -0.108. The third-order valence-electron chi connectivity index (χ3n) is 4.58. The largest absolute Gasteiger partial charge is 0.451 e. The molecule has 2 aromatic rings. The standard InChI is InChI=1S/C19H23N3O3/c1-13-7-9-15(10-8-13)20-18(23)12-25-19(24)17-11-16(21-22-17)14-5-3-2-4-6-14/h2-6,11,13,15H,7-10,12H2,1H3,(H,20,23)(H,21,22). The fourth-order valence-electron chi connectivity index (χ4n) is 3.07. The van der Waals surface area contributed by atoms with Crippen molar-refractivity contribution in [1.82, 2.24) is 15.5 Å². The minimum atomic E-state index is -0.581. The molecule has 0 unspecified atom stereocenters. The third-order valence-corrected chi connectivity index (χ3v) is 4.58. The van der Waals surface area contributed by atoms with E-state index in [9.17, 15) is 9.59 Å². The maximum absolute atomic E-state index is 12.1. The molecular formula is C19H23N3O3. The molecule has 1 aliphatic carbocycles. The number of amides is 1. The van der Waals surface area contributed by atoms with Gasteiger partial charge in [-0.1, -0.05) is 37.3 Å². The molecule has 1 aromatic heterocycles. The molecule has 132 valence electrons. The highest BCUT2D eigenvalue weighted by molar-refractivity contribution is 5.90. The molecule has 0 atom stereocenters. The summed E-state index contributed by atoms with van der Waals surface area (Å²) in [7, 11) is 0. The van der Waals surface area contributed by atoms with Gasteiger partial charge in [0, 0.05) is 11.6 Å². The van der Waals surface area contributed by atoms with Crippen LogP contribution in [0.5, 0.6) is 0 Å². The first-order valence-electron chi connectivity index (χ1n) is 8.69. The van der Waals surface area contributed by atoms with Gasteiger partial charge in [0.25, 0.3) is 5.91 Å². The summed E-state index contributed by atoms with van der Waals surface area (Å²) in [5, 5.41) is 9.70. The predicted octanol–water partition coefficient (Wildman–Crippen LogP) is 2.93. The summed E-state index contributed by atoms with van der Waals surface area (Å²) in [6.07, 6.45) is 4.23. The summed E-state index contributed by atoms with van der Waals surface area (Å²) in [4.78, 5) is 24.0. The lowest BCUT2D eigenvalue weighted by Gasteiger charge is -2.26. The number of hydrogen-bond acceptors (Lipinski definition) is 4. The van der Waals surface area contributed by atoms with Gasteiger partial charge in [-0.25, -0.2) is 4.79 Å². The minimum absolute atomic E-state index is 0.194. The molecule has 1 heterocycles. The van der Waals surface area contributed by atoms with Crippen LogP contribution in [0, 0.1) is 5.92 Å². The predicted molar refractivity (Wildman–Crippen MR) is 93.9 cm³/mol. The highest BCUT2D eigenvalue weighted by Crippen LogP contribution is 2.23.